The molecule has 0 atom stereocenters. The molecular weight excluding hydrogens is 552 g/mol. The molecule has 44 heavy (non-hydrogen) atoms. The van der Waals surface area contributed by atoms with E-state index in [1.165, 1.54) is 0 Å². The summed E-state index contributed by atoms with van der Waals surface area (Å²) < 4.78 is 9.79. The number of hydrogen-bond donors (Lipinski definition) is 2. The molecule has 0 aromatic heterocycles. The van der Waals surface area contributed by atoms with Gasteiger partial charge in [0.05, 0.1) is 0 Å². The molecule has 0 aromatic carbocycles. The van der Waals surface area contributed by atoms with Gasteiger partial charge < -0.3 is 19.7 Å². The molecule has 0 rings (SSSR count). The minimum absolute atomic E-state index is 0.0993. The Morgan fingerprint density at radius 2 is 0.818 bits per heavy atom. The minimum Gasteiger partial charge on any atom is -0.396 e. The number of ether oxygens (including phenoxy) is 2. The number of carbonyl (C=O) groups is 2. The lowest BCUT2D eigenvalue weighted by molar-refractivity contribution is -0.337. The summed E-state index contributed by atoms with van der Waals surface area (Å²) >= 11 is 0. The second-order valence-electron chi connectivity index (χ2n) is 11.0. The molecule has 0 bridgehead atoms. The predicted molar refractivity (Wildman–Crippen MR) is 183 cm³/mol. The Balaban J connectivity index is 3.83. The molecule has 0 saturated carbocycles. The highest BCUT2D eigenvalue weighted by atomic mass is 16.8. The molecule has 2 N–H and O–H groups in total. The van der Waals surface area contributed by atoms with Crippen molar-refractivity contribution in [3.8, 4) is 0 Å². The SMILES string of the molecule is CC/C=C\C/C=C\C/C=C\CCCCCCCC(=O)OC(O)(CO)OC(=O)CCCCCCC/C=C\C/C=C\C/C=C\CC. The van der Waals surface area contributed by atoms with Gasteiger partial charge in [0.1, 0.15) is 6.61 Å². The van der Waals surface area contributed by atoms with Crippen LogP contribution in [0.25, 0.3) is 0 Å². The van der Waals surface area contributed by atoms with Gasteiger partial charge in [-0.1, -0.05) is 125 Å². The summed E-state index contributed by atoms with van der Waals surface area (Å²) in [6.45, 7) is 3.27. The molecule has 0 amide bonds. The maximum Gasteiger partial charge on any atom is 0.398 e. The fourth-order valence-electron chi connectivity index (χ4n) is 4.32. The van der Waals surface area contributed by atoms with Gasteiger partial charge in [-0.2, -0.15) is 0 Å². The molecule has 250 valence electrons. The van der Waals surface area contributed by atoms with Gasteiger partial charge in [-0.05, 0) is 77.0 Å². The van der Waals surface area contributed by atoms with E-state index < -0.39 is 24.5 Å². The van der Waals surface area contributed by atoms with Crippen LogP contribution in [0.1, 0.15) is 142 Å². The fourth-order valence-corrected chi connectivity index (χ4v) is 4.32. The Kier molecular flexibility index (Phi) is 29.8. The van der Waals surface area contributed by atoms with Crippen LogP contribution >= 0.6 is 0 Å². The third-order valence-corrected chi connectivity index (χ3v) is 6.81. The van der Waals surface area contributed by atoms with Crippen LogP contribution in [-0.2, 0) is 19.1 Å². The Morgan fingerprint density at radius 3 is 1.18 bits per heavy atom. The third kappa shape index (κ3) is 29.4. The van der Waals surface area contributed by atoms with Crippen molar-refractivity contribution in [2.75, 3.05) is 6.61 Å². The van der Waals surface area contributed by atoms with Crippen molar-refractivity contribution >= 4 is 11.9 Å². The van der Waals surface area contributed by atoms with Gasteiger partial charge in [-0.25, -0.2) is 0 Å². The lowest BCUT2D eigenvalue weighted by Crippen LogP contribution is -2.43. The molecule has 0 radical (unpaired) electrons. The smallest absolute Gasteiger partial charge is 0.396 e. The van der Waals surface area contributed by atoms with Crippen LogP contribution in [0.2, 0.25) is 0 Å². The zero-order valence-electron chi connectivity index (χ0n) is 27.8. The zero-order valence-corrected chi connectivity index (χ0v) is 27.8. The van der Waals surface area contributed by atoms with E-state index in [1.807, 2.05) is 0 Å². The van der Waals surface area contributed by atoms with E-state index in [0.717, 1.165) is 103 Å². The molecule has 0 fully saturated rings. The van der Waals surface area contributed by atoms with Crippen LogP contribution in [0.4, 0.5) is 0 Å². The van der Waals surface area contributed by atoms with E-state index in [0.29, 0.717) is 12.8 Å². The lowest BCUT2D eigenvalue weighted by Gasteiger charge is -2.24. The molecule has 0 aliphatic rings. The minimum atomic E-state index is -2.62. The summed E-state index contributed by atoms with van der Waals surface area (Å²) in [5, 5.41) is 19.7. The first kappa shape index (κ1) is 41.3. The average Bonchev–Trinajstić information content (AvgIpc) is 3.01. The second kappa shape index (κ2) is 31.7. The van der Waals surface area contributed by atoms with E-state index in [4.69, 9.17) is 9.47 Å². The summed E-state index contributed by atoms with van der Waals surface area (Å²) in [5.41, 5.74) is 0. The first-order valence-electron chi connectivity index (χ1n) is 17.1. The van der Waals surface area contributed by atoms with E-state index >= 15 is 0 Å². The van der Waals surface area contributed by atoms with Gasteiger partial charge in [0.2, 0.25) is 0 Å². The fraction of sp³-hybridized carbons (Fsp3) is 0.632. The summed E-state index contributed by atoms with van der Waals surface area (Å²) in [6.07, 6.45) is 44.0. The summed E-state index contributed by atoms with van der Waals surface area (Å²) in [7, 11) is 0. The summed E-state index contributed by atoms with van der Waals surface area (Å²) in [5.74, 6) is -4.00. The Morgan fingerprint density at radius 1 is 0.500 bits per heavy atom. The average molecular weight is 615 g/mol. The number of unbranched alkanes of at least 4 members (excludes halogenated alkanes) is 10. The van der Waals surface area contributed by atoms with Crippen LogP contribution in [0.15, 0.2) is 72.9 Å². The highest BCUT2D eigenvalue weighted by Crippen LogP contribution is 2.16. The summed E-state index contributed by atoms with van der Waals surface area (Å²) in [4.78, 5) is 24.3. The number of allylic oxidation sites excluding steroid dienone is 12. The largest absolute Gasteiger partial charge is 0.398 e. The van der Waals surface area contributed by atoms with Crippen LogP contribution in [0, 0.1) is 0 Å². The van der Waals surface area contributed by atoms with Crippen molar-refractivity contribution in [1.82, 2.24) is 0 Å². The topological polar surface area (TPSA) is 93.1 Å². The number of aliphatic hydroxyl groups excluding tert-OH is 1. The van der Waals surface area contributed by atoms with E-state index in [9.17, 15) is 19.8 Å². The molecule has 0 unspecified atom stereocenters. The van der Waals surface area contributed by atoms with Gasteiger partial charge in [0.15, 0.2) is 0 Å². The molecule has 0 saturated heterocycles. The van der Waals surface area contributed by atoms with Crippen LogP contribution in [0.5, 0.6) is 0 Å². The molecular formula is C38H62O6. The second-order valence-corrected chi connectivity index (χ2v) is 11.0. The maximum atomic E-state index is 12.1. The van der Waals surface area contributed by atoms with Crippen molar-refractivity contribution in [2.24, 2.45) is 0 Å². The number of hydrogen-bond acceptors (Lipinski definition) is 6. The van der Waals surface area contributed by atoms with Gasteiger partial charge in [-0.3, -0.25) is 9.59 Å². The molecule has 0 aromatic rings. The first-order chi connectivity index (χ1) is 21.5. The van der Waals surface area contributed by atoms with Crippen LogP contribution in [0.3, 0.4) is 0 Å². The molecule has 6 nitrogen and oxygen atoms in total. The van der Waals surface area contributed by atoms with Gasteiger partial charge >= 0.3 is 17.9 Å². The Labute approximate surface area is 268 Å². The molecule has 0 aliphatic carbocycles. The maximum absolute atomic E-state index is 12.1. The van der Waals surface area contributed by atoms with Gasteiger partial charge in [0.25, 0.3) is 0 Å². The molecule has 0 heterocycles. The van der Waals surface area contributed by atoms with Crippen LogP contribution in [-0.4, -0.2) is 34.7 Å². The molecule has 0 aliphatic heterocycles. The van der Waals surface area contributed by atoms with Crippen molar-refractivity contribution in [2.45, 2.75) is 148 Å². The quantitative estimate of drug-likeness (QED) is 0.0377. The zero-order chi connectivity index (χ0) is 32.4. The Bertz CT molecular complexity index is 799. The summed E-state index contributed by atoms with van der Waals surface area (Å²) in [6, 6.07) is 0. The van der Waals surface area contributed by atoms with Crippen molar-refractivity contribution in [3.05, 3.63) is 72.9 Å². The highest BCUT2D eigenvalue weighted by Gasteiger charge is 2.35. The number of carbonyl (C=O) groups excluding carboxylic acids is 2. The van der Waals surface area contributed by atoms with E-state index in [1.54, 1.807) is 0 Å². The normalized spacial score (nSPS) is 12.7. The van der Waals surface area contributed by atoms with E-state index in [-0.39, 0.29) is 12.8 Å². The first-order valence-corrected chi connectivity index (χ1v) is 17.1. The van der Waals surface area contributed by atoms with Gasteiger partial charge in [0, 0.05) is 12.8 Å². The van der Waals surface area contributed by atoms with Gasteiger partial charge in [-0.15, -0.1) is 0 Å². The van der Waals surface area contributed by atoms with Crippen LogP contribution < -0.4 is 0 Å². The molecule has 0 spiro atoms. The third-order valence-electron chi connectivity index (χ3n) is 6.81. The van der Waals surface area contributed by atoms with Crippen molar-refractivity contribution in [3.63, 3.8) is 0 Å². The molecule has 6 heteroatoms. The standard InChI is InChI=1S/C38H62O6/c1-3-5-7-9-11-13-15-17-19-21-23-25-27-29-31-33-36(40)43-38(42,35-39)44-37(41)34-32-30-28-26-24-22-20-18-16-14-12-10-8-6-4-2/h5-8,11-14,17-20,39,42H,3-4,9-10,15-16,21-35H2,1-2H3/b7-5-,8-6-,13-11-,14-12-,19-17-,20-18-. The number of aliphatic hydroxyl groups is 2. The highest BCUT2D eigenvalue weighted by molar-refractivity contribution is 5.71. The monoisotopic (exact) mass is 614 g/mol. The van der Waals surface area contributed by atoms with Crippen molar-refractivity contribution < 1.29 is 29.3 Å². The number of esters is 2. The van der Waals surface area contributed by atoms with Crippen molar-refractivity contribution in [1.29, 1.82) is 0 Å². The Hall–Kier alpha value is -2.70. The lowest BCUT2D eigenvalue weighted by atomic mass is 10.1. The van der Waals surface area contributed by atoms with E-state index in [2.05, 4.69) is 86.8 Å². The predicted octanol–water partition coefficient (Wildman–Crippen LogP) is 9.89. The number of rotatable bonds is 29.